The molecule has 1 unspecified atom stereocenters. The van der Waals surface area contributed by atoms with Gasteiger partial charge in [0.05, 0.1) is 0 Å². The summed E-state index contributed by atoms with van der Waals surface area (Å²) in [7, 11) is 4.05. The molecule has 0 heterocycles. The van der Waals surface area contributed by atoms with E-state index in [2.05, 4.69) is 15.0 Å². The molecule has 1 atom stereocenters. The third kappa shape index (κ3) is 3.28. The molecule has 1 aromatic carbocycles. The van der Waals surface area contributed by atoms with Crippen LogP contribution in [0.2, 0.25) is 10.0 Å². The maximum Gasteiger partial charge on any atom is 0.0492 e. The third-order valence-electron chi connectivity index (χ3n) is 1.28. The van der Waals surface area contributed by atoms with Gasteiger partial charge >= 0.3 is 0 Å². The van der Waals surface area contributed by atoms with Crippen molar-refractivity contribution in [3.63, 3.8) is 0 Å². The van der Waals surface area contributed by atoms with Crippen LogP contribution in [0, 0.1) is 6.92 Å². The molecule has 4 heteroatoms. The van der Waals surface area contributed by atoms with Gasteiger partial charge in [-0.2, -0.15) is 0 Å². The Bertz CT molecular complexity index is 213. The van der Waals surface area contributed by atoms with Crippen molar-refractivity contribution in [1.82, 2.24) is 0 Å². The highest BCUT2D eigenvalue weighted by Crippen LogP contribution is 2.19. The Hall–Kier alpha value is 0.190. The van der Waals surface area contributed by atoms with Crippen molar-refractivity contribution in [3.05, 3.63) is 27.7 Å². The largest absolute Gasteiger partial charge is 0.333 e. The van der Waals surface area contributed by atoms with Crippen LogP contribution in [0.25, 0.3) is 0 Å². The first-order chi connectivity index (χ1) is 5.61. The van der Waals surface area contributed by atoms with Crippen LogP contribution in [0.15, 0.2) is 12.1 Å². The fourth-order valence-corrected chi connectivity index (χ4v) is 1.40. The van der Waals surface area contributed by atoms with Gasteiger partial charge in [-0.1, -0.05) is 23.2 Å². The molecule has 0 aromatic heterocycles. The Balaban J connectivity index is 0.000000561. The first kappa shape index (κ1) is 12.2. The smallest absolute Gasteiger partial charge is 0.0492 e. The number of rotatable bonds is 0. The van der Waals surface area contributed by atoms with Crippen LogP contribution in [0.3, 0.4) is 0 Å². The summed E-state index contributed by atoms with van der Waals surface area (Å²) in [4.78, 5) is 0. The lowest BCUT2D eigenvalue weighted by molar-refractivity contribution is 1.48. The van der Waals surface area contributed by atoms with E-state index in [-0.39, 0.29) is 0 Å². The molecule has 1 rings (SSSR count). The average Bonchev–Trinajstić information content (AvgIpc) is 2.05. The van der Waals surface area contributed by atoms with E-state index in [0.29, 0.717) is 5.02 Å². The molecule has 0 aliphatic rings. The van der Waals surface area contributed by atoms with Crippen LogP contribution in [0.4, 0.5) is 0 Å². The van der Waals surface area contributed by atoms with Gasteiger partial charge in [0.15, 0.2) is 0 Å². The van der Waals surface area contributed by atoms with Gasteiger partial charge in [-0.05, 0) is 37.0 Å². The summed E-state index contributed by atoms with van der Waals surface area (Å²) in [5.41, 5.74) is 5.55. The van der Waals surface area contributed by atoms with Crippen molar-refractivity contribution in [2.45, 2.75) is 6.92 Å². The van der Waals surface area contributed by atoms with E-state index in [9.17, 15) is 0 Å². The van der Waals surface area contributed by atoms with E-state index in [1.54, 1.807) is 6.07 Å². The first-order valence-electron chi connectivity index (χ1n) is 3.40. The van der Waals surface area contributed by atoms with Gasteiger partial charge in [0.2, 0.25) is 0 Å². The zero-order chi connectivity index (χ0) is 9.72. The predicted octanol–water partition coefficient (Wildman–Crippen LogP) is 2.38. The zero-order valence-electron chi connectivity index (χ0n) is 7.07. The minimum atomic E-state index is 0.695. The van der Waals surface area contributed by atoms with E-state index in [1.165, 1.54) is 7.05 Å². The minimum Gasteiger partial charge on any atom is -0.333 e. The number of hydrogen-bond donors (Lipinski definition) is 1. The molecule has 1 nitrogen and oxygen atoms in total. The quantitative estimate of drug-likeness (QED) is 0.672. The topological polar surface area (TPSA) is 26.0 Å². The molecule has 0 amide bonds. The second-order valence-corrected chi connectivity index (χ2v) is 3.56. The standard InChI is InChI=1S/C7H7Cl2P.CH5N/c1-4-2-7(10)6(9)3-5(4)8;1-2/h2-3H,10H2,1H3;2H2,1H3. The van der Waals surface area contributed by atoms with E-state index < -0.39 is 0 Å². The van der Waals surface area contributed by atoms with E-state index in [0.717, 1.165) is 15.9 Å². The van der Waals surface area contributed by atoms with Crippen LogP contribution in [-0.2, 0) is 0 Å². The van der Waals surface area contributed by atoms with Crippen LogP contribution in [-0.4, -0.2) is 7.05 Å². The fraction of sp³-hybridized carbons (Fsp3) is 0.250. The lowest BCUT2D eigenvalue weighted by Crippen LogP contribution is -1.93. The Morgan fingerprint density at radius 2 is 1.67 bits per heavy atom. The van der Waals surface area contributed by atoms with E-state index >= 15 is 0 Å². The van der Waals surface area contributed by atoms with Crippen molar-refractivity contribution in [3.8, 4) is 0 Å². The van der Waals surface area contributed by atoms with Gasteiger partial charge in [0.1, 0.15) is 0 Å². The normalized spacial score (nSPS) is 8.83. The van der Waals surface area contributed by atoms with Gasteiger partial charge in [0.25, 0.3) is 0 Å². The molecule has 12 heavy (non-hydrogen) atoms. The van der Waals surface area contributed by atoms with Crippen molar-refractivity contribution in [2.24, 2.45) is 5.73 Å². The Morgan fingerprint density at radius 1 is 1.17 bits per heavy atom. The Kier molecular flexibility index (Phi) is 5.86. The lowest BCUT2D eigenvalue weighted by atomic mass is 10.2. The third-order valence-corrected chi connectivity index (χ3v) is 2.67. The Labute approximate surface area is 85.4 Å². The highest BCUT2D eigenvalue weighted by Gasteiger charge is 1.98. The van der Waals surface area contributed by atoms with E-state index in [4.69, 9.17) is 23.2 Å². The lowest BCUT2D eigenvalue weighted by Gasteiger charge is -2.00. The SMILES string of the molecule is CN.Cc1cc(P)c(Cl)cc1Cl. The molecule has 0 spiro atoms. The maximum absolute atomic E-state index is 5.79. The summed E-state index contributed by atoms with van der Waals surface area (Å²) in [6.07, 6.45) is 0. The van der Waals surface area contributed by atoms with Crippen LogP contribution < -0.4 is 11.0 Å². The van der Waals surface area contributed by atoms with Crippen molar-refractivity contribution in [2.75, 3.05) is 7.05 Å². The monoisotopic (exact) mass is 223 g/mol. The summed E-state index contributed by atoms with van der Waals surface area (Å²) in [5, 5.41) is 2.40. The van der Waals surface area contributed by atoms with Gasteiger partial charge < -0.3 is 5.73 Å². The van der Waals surface area contributed by atoms with Gasteiger partial charge in [0, 0.05) is 10.0 Å². The average molecular weight is 224 g/mol. The maximum atomic E-state index is 5.79. The molecular weight excluding hydrogens is 212 g/mol. The molecule has 2 N–H and O–H groups in total. The summed E-state index contributed by atoms with van der Waals surface area (Å²) >= 11 is 11.6. The number of aryl methyl sites for hydroxylation is 1. The predicted molar refractivity (Wildman–Crippen MR) is 60.7 cm³/mol. The zero-order valence-corrected chi connectivity index (χ0v) is 9.73. The Morgan fingerprint density at radius 3 is 2.08 bits per heavy atom. The molecule has 68 valence electrons. The number of benzene rings is 1. The molecule has 0 saturated heterocycles. The van der Waals surface area contributed by atoms with Crippen LogP contribution >= 0.6 is 32.4 Å². The molecule has 0 saturated carbocycles. The molecular formula is C8H12Cl2NP. The molecule has 0 bridgehead atoms. The number of nitrogens with two attached hydrogens (primary N) is 1. The second-order valence-electron chi connectivity index (χ2n) is 2.12. The molecule has 0 aliphatic heterocycles. The molecule has 0 aliphatic carbocycles. The number of hydrogen-bond acceptors (Lipinski definition) is 1. The van der Waals surface area contributed by atoms with Crippen molar-refractivity contribution in [1.29, 1.82) is 0 Å². The molecule has 1 aromatic rings. The fourth-order valence-electron chi connectivity index (χ4n) is 0.680. The van der Waals surface area contributed by atoms with E-state index in [1.807, 2.05) is 13.0 Å². The second kappa shape index (κ2) is 5.77. The number of halogens is 2. The summed E-state index contributed by atoms with van der Waals surface area (Å²) < 4.78 is 0. The summed E-state index contributed by atoms with van der Waals surface area (Å²) in [6.45, 7) is 1.95. The molecule has 0 radical (unpaired) electrons. The van der Waals surface area contributed by atoms with Crippen molar-refractivity contribution < 1.29 is 0 Å². The summed E-state index contributed by atoms with van der Waals surface area (Å²) in [6, 6.07) is 3.69. The van der Waals surface area contributed by atoms with Gasteiger partial charge in [-0.15, -0.1) is 9.24 Å². The summed E-state index contributed by atoms with van der Waals surface area (Å²) in [5.74, 6) is 0. The van der Waals surface area contributed by atoms with Crippen LogP contribution in [0.1, 0.15) is 5.56 Å². The molecule has 0 fully saturated rings. The van der Waals surface area contributed by atoms with Crippen molar-refractivity contribution >= 4 is 37.7 Å². The van der Waals surface area contributed by atoms with Crippen LogP contribution in [0.5, 0.6) is 0 Å². The van der Waals surface area contributed by atoms with Gasteiger partial charge in [-0.3, -0.25) is 0 Å². The van der Waals surface area contributed by atoms with Gasteiger partial charge in [-0.25, -0.2) is 0 Å². The first-order valence-corrected chi connectivity index (χ1v) is 4.73. The highest BCUT2D eigenvalue weighted by molar-refractivity contribution is 7.28. The minimum absolute atomic E-state index is 0.695. The highest BCUT2D eigenvalue weighted by atomic mass is 35.5.